The summed E-state index contributed by atoms with van der Waals surface area (Å²) in [5.41, 5.74) is 12.9. The van der Waals surface area contributed by atoms with Crippen LogP contribution in [0.25, 0.3) is 82.7 Å². The summed E-state index contributed by atoms with van der Waals surface area (Å²) < 4.78 is 60.5. The third-order valence-electron chi connectivity index (χ3n) is 19.3. The van der Waals surface area contributed by atoms with E-state index in [1.54, 1.807) is 47.0 Å². The number of hydrogen-bond donors (Lipinski definition) is 3. The van der Waals surface area contributed by atoms with Crippen molar-refractivity contribution in [2.24, 2.45) is 0 Å². The van der Waals surface area contributed by atoms with Gasteiger partial charge in [0.15, 0.2) is 34.5 Å². The average Bonchev–Trinajstić information content (AvgIpc) is 1.55. The molecule has 3 amide bonds. The quantitative estimate of drug-likeness (QED) is 0.0294. The summed E-state index contributed by atoms with van der Waals surface area (Å²) in [6.07, 6.45) is -0.863. The summed E-state index contributed by atoms with van der Waals surface area (Å²) in [6.45, 7) is 4.41. The van der Waals surface area contributed by atoms with Crippen LogP contribution in [0.15, 0.2) is 210 Å². The molecule has 103 heavy (non-hydrogen) atoms. The number of rotatable bonds is 19. The van der Waals surface area contributed by atoms with Gasteiger partial charge in [-0.05, 0) is 135 Å². The monoisotopic (exact) mass is 1380 g/mol. The number of amides is 3. The molecule has 0 spiro atoms. The minimum absolute atomic E-state index is 0.00189. The average molecular weight is 1380 g/mol. The Morgan fingerprint density at radius 3 is 1.17 bits per heavy atom. The van der Waals surface area contributed by atoms with Crippen LogP contribution in [-0.2, 0) is 28.6 Å². The molecule has 0 saturated heterocycles. The Kier molecular flexibility index (Phi) is 17.5. The topological polar surface area (TPSA) is 256 Å². The van der Waals surface area contributed by atoms with Crippen molar-refractivity contribution in [1.29, 1.82) is 0 Å². The number of fused-ring (bicyclic) bond motifs is 16. The number of carbonyl (C=O) groups is 6. The Hall–Kier alpha value is -12.9. The Morgan fingerprint density at radius 1 is 0.408 bits per heavy atom. The third kappa shape index (κ3) is 12.1. The fourth-order valence-electron chi connectivity index (χ4n) is 14.4. The van der Waals surface area contributed by atoms with Crippen molar-refractivity contribution in [3.05, 3.63) is 244 Å². The second kappa shape index (κ2) is 27.3. The van der Waals surface area contributed by atoms with Crippen LogP contribution >= 0.6 is 0 Å². The van der Waals surface area contributed by atoms with Crippen LogP contribution in [0.2, 0.25) is 0 Å². The SMILES string of the molecule is COc1cc2c(ccn3c2c(-c2ccc(OC(=O)[C@@H](C)NC(=O)OCC4c5ccccc5-c5ccccc54)c(OC)c2)c2c4cc(OC)c(OC(=O)[C@H](C)NC(=O)OCC5c6ccccc6-c6ccccc65)cc4oc(=O)c23)cc1OC(=O)[C@H](C)NC(=O)OCC1c2ccccc2-c2ccccc21. The molecular weight excluding hydrogens is 1310 g/mol. The number of aromatic nitrogens is 1. The number of benzene rings is 9. The van der Waals surface area contributed by atoms with E-state index in [-0.39, 0.29) is 83.2 Å². The molecule has 15 rings (SSSR count). The van der Waals surface area contributed by atoms with Gasteiger partial charge < -0.3 is 67.4 Å². The van der Waals surface area contributed by atoms with Crippen molar-refractivity contribution in [2.75, 3.05) is 41.2 Å². The zero-order chi connectivity index (χ0) is 71.3. The first kappa shape index (κ1) is 66.0. The molecule has 21 nitrogen and oxygen atoms in total. The van der Waals surface area contributed by atoms with E-state index in [2.05, 4.69) is 16.0 Å². The van der Waals surface area contributed by atoms with Gasteiger partial charge >= 0.3 is 41.8 Å². The second-order valence-corrected chi connectivity index (χ2v) is 25.3. The van der Waals surface area contributed by atoms with Gasteiger partial charge in [0.2, 0.25) is 0 Å². The van der Waals surface area contributed by atoms with Crippen molar-refractivity contribution < 1.29 is 75.8 Å². The minimum Gasteiger partial charge on any atom is -0.493 e. The van der Waals surface area contributed by atoms with Gasteiger partial charge in [0.25, 0.3) is 0 Å². The Balaban J connectivity index is 0.723. The number of nitrogens with zero attached hydrogens (tertiary/aromatic N) is 1. The number of hydrogen-bond acceptors (Lipinski definition) is 17. The smallest absolute Gasteiger partial charge is 0.407 e. The van der Waals surface area contributed by atoms with E-state index in [9.17, 15) is 33.6 Å². The van der Waals surface area contributed by atoms with Crippen LogP contribution in [0, 0.1) is 0 Å². The summed E-state index contributed by atoms with van der Waals surface area (Å²) in [6, 6.07) is 56.5. The molecule has 12 aromatic rings. The maximum atomic E-state index is 14.9. The number of nitrogens with one attached hydrogen (secondary N) is 3. The number of alkyl carbamates (subject to hydrolysis) is 3. The third-order valence-corrected chi connectivity index (χ3v) is 19.3. The van der Waals surface area contributed by atoms with Gasteiger partial charge in [-0.2, -0.15) is 0 Å². The van der Waals surface area contributed by atoms with E-state index >= 15 is 0 Å². The normalized spacial score (nSPS) is 13.5. The summed E-state index contributed by atoms with van der Waals surface area (Å²) in [4.78, 5) is 96.8. The lowest BCUT2D eigenvalue weighted by Gasteiger charge is -2.18. The minimum atomic E-state index is -1.24. The molecule has 0 aliphatic heterocycles. The summed E-state index contributed by atoms with van der Waals surface area (Å²) in [5.74, 6) is -3.21. The van der Waals surface area contributed by atoms with E-state index in [0.29, 0.717) is 38.2 Å². The summed E-state index contributed by atoms with van der Waals surface area (Å²) in [5, 5.41) is 9.36. The first-order valence-electron chi connectivity index (χ1n) is 33.4. The Labute approximate surface area is 588 Å². The predicted octanol–water partition coefficient (Wildman–Crippen LogP) is 14.5. The van der Waals surface area contributed by atoms with Crippen LogP contribution < -0.4 is 50.0 Å². The molecule has 0 radical (unpaired) electrons. The molecule has 0 fully saturated rings. The van der Waals surface area contributed by atoms with E-state index in [1.807, 2.05) is 146 Å². The predicted molar refractivity (Wildman–Crippen MR) is 383 cm³/mol. The van der Waals surface area contributed by atoms with Crippen molar-refractivity contribution in [3.63, 3.8) is 0 Å². The zero-order valence-corrected chi connectivity index (χ0v) is 56.5. The number of esters is 3. The highest BCUT2D eigenvalue weighted by Crippen LogP contribution is 2.50. The molecule has 9 aromatic carbocycles. The lowest BCUT2D eigenvalue weighted by Crippen LogP contribution is -2.41. The zero-order valence-electron chi connectivity index (χ0n) is 56.5. The van der Waals surface area contributed by atoms with Gasteiger partial charge in [0.1, 0.15) is 49.0 Å². The molecule has 3 atom stereocenters. The number of methoxy groups -OCH3 is 3. The Morgan fingerprint density at radius 2 is 0.767 bits per heavy atom. The van der Waals surface area contributed by atoms with E-state index in [0.717, 1.165) is 66.8 Å². The fraction of sp³-hybridized carbons (Fsp3) is 0.183. The van der Waals surface area contributed by atoms with E-state index in [4.69, 9.17) is 47.0 Å². The fourth-order valence-corrected chi connectivity index (χ4v) is 14.4. The Bertz CT molecular complexity index is 5410. The van der Waals surface area contributed by atoms with Crippen molar-refractivity contribution >= 4 is 74.3 Å². The summed E-state index contributed by atoms with van der Waals surface area (Å²) in [7, 11) is 4.14. The van der Waals surface area contributed by atoms with Gasteiger partial charge in [-0.25, -0.2) is 33.6 Å². The van der Waals surface area contributed by atoms with E-state index in [1.165, 1.54) is 54.2 Å². The maximum Gasteiger partial charge on any atom is 0.407 e. The van der Waals surface area contributed by atoms with Gasteiger partial charge in [0, 0.05) is 51.7 Å². The first-order chi connectivity index (χ1) is 50.1. The van der Waals surface area contributed by atoms with Crippen LogP contribution in [0.5, 0.6) is 34.5 Å². The van der Waals surface area contributed by atoms with Gasteiger partial charge in [0.05, 0.1) is 26.8 Å². The molecule has 21 heteroatoms. The second-order valence-electron chi connectivity index (χ2n) is 25.3. The lowest BCUT2D eigenvalue weighted by atomic mass is 9.97. The lowest BCUT2D eigenvalue weighted by molar-refractivity contribution is -0.137. The number of ether oxygens (including phenoxy) is 9. The number of carbonyl (C=O) groups excluding carboxylic acids is 6. The molecule has 3 N–H and O–H groups in total. The van der Waals surface area contributed by atoms with Gasteiger partial charge in [-0.3, -0.25) is 0 Å². The number of pyridine rings is 1. The van der Waals surface area contributed by atoms with Crippen LogP contribution in [0.4, 0.5) is 14.4 Å². The molecular formula is C82H66N4O17. The summed E-state index contributed by atoms with van der Waals surface area (Å²) >= 11 is 0. The first-order valence-corrected chi connectivity index (χ1v) is 33.4. The molecule has 3 heterocycles. The molecule has 0 saturated carbocycles. The molecule has 3 aliphatic rings. The molecule has 3 aromatic heterocycles. The van der Waals surface area contributed by atoms with Crippen LogP contribution in [0.1, 0.15) is 71.9 Å². The van der Waals surface area contributed by atoms with E-state index < -0.39 is 59.9 Å². The van der Waals surface area contributed by atoms with Gasteiger partial charge in [-0.15, -0.1) is 0 Å². The highest BCUT2D eigenvalue weighted by Gasteiger charge is 2.35. The molecule has 0 bridgehead atoms. The highest BCUT2D eigenvalue weighted by atomic mass is 16.6. The van der Waals surface area contributed by atoms with Crippen LogP contribution in [-0.4, -0.2) is 99.9 Å². The van der Waals surface area contributed by atoms with Crippen molar-refractivity contribution in [3.8, 4) is 79.0 Å². The maximum absolute atomic E-state index is 14.9. The van der Waals surface area contributed by atoms with Gasteiger partial charge in [-0.1, -0.05) is 152 Å². The van der Waals surface area contributed by atoms with Crippen molar-refractivity contribution in [1.82, 2.24) is 20.4 Å². The van der Waals surface area contributed by atoms with Crippen LogP contribution in [0.3, 0.4) is 0 Å². The molecule has 0 unspecified atom stereocenters. The standard InChI is InChI=1S/C82H66N4O17/c1-43(83-80(91)97-40-62-54-25-13-7-19-48(54)49-20-8-14-26-55(49)62)76(87)100-65-32-31-47(36-67(65)94-4)72-73-61-38-69(96-6)71(103-78(89)45(3)85-82(93)99-42-64-58-29-17-11-23-52(58)53-24-12-18-30-59(53)64)39-66(61)101-79(90)75(73)86-34-33-46-35-70(68(95-5)37-60(46)74(72)86)102-77(88)44(2)84-81(92)98-41-63-56-27-15-9-21-50(56)51-22-10-16-28-57(51)63/h7-39,43-45,62-64H,40-42H2,1-6H3,(H,83,91)(H,84,92)(H,85,93)/t43-,44+,45+/m1/s1. The molecule has 516 valence electrons. The highest BCUT2D eigenvalue weighted by molar-refractivity contribution is 6.22. The van der Waals surface area contributed by atoms with Crippen molar-refractivity contribution in [2.45, 2.75) is 56.7 Å². The largest absolute Gasteiger partial charge is 0.493 e. The molecule has 3 aliphatic carbocycles.